The van der Waals surface area contributed by atoms with Crippen LogP contribution in [-0.2, 0) is 0 Å². The standard InChI is InChI=1S/C30H23FO3S/c1-2-33-23-15-11-21(12-16-23)30-25(17-18-26(32)28-8-5-19-35-28)29(20-9-13-22(31)14-10-20)24-6-3-4-7-27(24)34-30/h3-19,29H,2H2,1H3/b18-17+/t29-/m1/s1. The Bertz CT molecular complexity index is 1380. The Labute approximate surface area is 207 Å². The first-order valence-corrected chi connectivity index (χ1v) is 12.3. The fourth-order valence-electron chi connectivity index (χ4n) is 4.23. The molecule has 1 aliphatic rings. The van der Waals surface area contributed by atoms with Crippen LogP contribution in [0.15, 0.2) is 108 Å². The van der Waals surface area contributed by atoms with Gasteiger partial charge in [0.1, 0.15) is 23.1 Å². The minimum absolute atomic E-state index is 0.0738. The third kappa shape index (κ3) is 4.81. The SMILES string of the molecule is CCOc1ccc(C2=C(/C=C/C(=O)c3cccs3)[C@H](c3ccc(F)cc3)c3ccccc3O2)cc1. The minimum Gasteiger partial charge on any atom is -0.494 e. The highest BCUT2D eigenvalue weighted by atomic mass is 32.1. The zero-order valence-corrected chi connectivity index (χ0v) is 19.9. The smallest absolute Gasteiger partial charge is 0.195 e. The van der Waals surface area contributed by atoms with Gasteiger partial charge in [-0.05, 0) is 72.5 Å². The third-order valence-electron chi connectivity index (χ3n) is 5.82. The molecule has 0 saturated heterocycles. The highest BCUT2D eigenvalue weighted by Gasteiger charge is 2.30. The average molecular weight is 483 g/mol. The molecule has 0 spiro atoms. The number of thiophene rings is 1. The van der Waals surface area contributed by atoms with Crippen molar-refractivity contribution in [2.75, 3.05) is 6.61 Å². The summed E-state index contributed by atoms with van der Waals surface area (Å²) in [5.41, 5.74) is 3.55. The number of carbonyl (C=O) groups is 1. The van der Waals surface area contributed by atoms with Crippen LogP contribution in [-0.4, -0.2) is 12.4 Å². The first-order valence-electron chi connectivity index (χ1n) is 11.4. The topological polar surface area (TPSA) is 35.5 Å². The molecule has 0 saturated carbocycles. The number of rotatable bonds is 7. The van der Waals surface area contributed by atoms with Crippen LogP contribution < -0.4 is 9.47 Å². The van der Waals surface area contributed by atoms with Gasteiger partial charge >= 0.3 is 0 Å². The molecule has 1 atom stereocenters. The maximum atomic E-state index is 13.8. The minimum atomic E-state index is -0.297. The summed E-state index contributed by atoms with van der Waals surface area (Å²) in [5, 5.41) is 1.88. The number of allylic oxidation sites excluding steroid dienone is 3. The zero-order chi connectivity index (χ0) is 24.2. The first kappa shape index (κ1) is 22.8. The number of hydrogen-bond acceptors (Lipinski definition) is 4. The molecule has 2 heterocycles. The predicted octanol–water partition coefficient (Wildman–Crippen LogP) is 7.66. The quantitative estimate of drug-likeness (QED) is 0.200. The second kappa shape index (κ2) is 10.1. The summed E-state index contributed by atoms with van der Waals surface area (Å²) in [6.07, 6.45) is 3.42. The van der Waals surface area contributed by atoms with Gasteiger partial charge in [0.2, 0.25) is 0 Å². The second-order valence-corrected chi connectivity index (χ2v) is 8.99. The molecule has 3 nitrogen and oxygen atoms in total. The van der Waals surface area contributed by atoms with E-state index in [2.05, 4.69) is 0 Å². The summed E-state index contributed by atoms with van der Waals surface area (Å²) in [5.74, 6) is 1.54. The Kier molecular flexibility index (Phi) is 6.59. The number of hydrogen-bond donors (Lipinski definition) is 0. The van der Waals surface area contributed by atoms with Crippen molar-refractivity contribution >= 4 is 22.9 Å². The van der Waals surface area contributed by atoms with E-state index < -0.39 is 0 Å². The third-order valence-corrected chi connectivity index (χ3v) is 6.71. The molecule has 0 amide bonds. The number of benzene rings is 3. The Morgan fingerprint density at radius 3 is 2.49 bits per heavy atom. The maximum Gasteiger partial charge on any atom is 0.195 e. The molecule has 174 valence electrons. The van der Waals surface area contributed by atoms with Gasteiger partial charge < -0.3 is 9.47 Å². The Hall–Kier alpha value is -3.96. The van der Waals surface area contributed by atoms with Gasteiger partial charge in [-0.1, -0.05) is 42.5 Å². The lowest BCUT2D eigenvalue weighted by Crippen LogP contribution is -2.16. The highest BCUT2D eigenvalue weighted by molar-refractivity contribution is 7.12. The van der Waals surface area contributed by atoms with E-state index in [1.54, 1.807) is 18.2 Å². The largest absolute Gasteiger partial charge is 0.494 e. The van der Waals surface area contributed by atoms with Crippen LogP contribution in [0.3, 0.4) is 0 Å². The van der Waals surface area contributed by atoms with Crippen molar-refractivity contribution in [3.8, 4) is 11.5 Å². The fourth-order valence-corrected chi connectivity index (χ4v) is 4.87. The molecule has 4 aromatic rings. The van der Waals surface area contributed by atoms with Gasteiger partial charge in [-0.2, -0.15) is 0 Å². The van der Waals surface area contributed by atoms with Crippen molar-refractivity contribution in [2.45, 2.75) is 12.8 Å². The summed E-state index contributed by atoms with van der Waals surface area (Å²) in [4.78, 5) is 13.5. The van der Waals surface area contributed by atoms with Crippen LogP contribution >= 0.6 is 11.3 Å². The molecular weight excluding hydrogens is 459 g/mol. The van der Waals surface area contributed by atoms with Gasteiger partial charge in [0.25, 0.3) is 0 Å². The molecule has 1 aliphatic heterocycles. The summed E-state index contributed by atoms with van der Waals surface area (Å²) in [7, 11) is 0. The van der Waals surface area contributed by atoms with Gasteiger partial charge in [-0.3, -0.25) is 4.79 Å². The monoisotopic (exact) mass is 482 g/mol. The molecule has 0 aliphatic carbocycles. The Morgan fingerprint density at radius 2 is 1.77 bits per heavy atom. The average Bonchev–Trinajstić information content (AvgIpc) is 3.43. The van der Waals surface area contributed by atoms with Crippen molar-refractivity contribution in [3.63, 3.8) is 0 Å². The number of ether oxygens (including phenoxy) is 2. The molecule has 0 unspecified atom stereocenters. The summed E-state index contributed by atoms with van der Waals surface area (Å²) in [6.45, 7) is 2.52. The van der Waals surface area contributed by atoms with Crippen molar-refractivity contribution in [1.29, 1.82) is 0 Å². The first-order chi connectivity index (χ1) is 17.1. The van der Waals surface area contributed by atoms with E-state index in [4.69, 9.17) is 9.47 Å². The van der Waals surface area contributed by atoms with Gasteiger partial charge in [-0.25, -0.2) is 4.39 Å². The lowest BCUT2D eigenvalue weighted by Gasteiger charge is -2.30. The summed E-state index contributed by atoms with van der Waals surface area (Å²) < 4.78 is 25.8. The molecule has 3 aromatic carbocycles. The molecular formula is C30H23FO3S. The normalized spacial score (nSPS) is 15.1. The molecule has 0 radical (unpaired) electrons. The number of ketones is 1. The van der Waals surface area contributed by atoms with Gasteiger partial charge in [0.15, 0.2) is 5.78 Å². The number of fused-ring (bicyclic) bond motifs is 1. The van der Waals surface area contributed by atoms with E-state index >= 15 is 0 Å². The molecule has 0 bridgehead atoms. The fraction of sp³-hybridized carbons (Fsp3) is 0.100. The van der Waals surface area contributed by atoms with E-state index in [0.29, 0.717) is 17.2 Å². The van der Waals surface area contributed by atoms with Crippen LogP contribution in [0.1, 0.15) is 39.2 Å². The molecule has 0 fully saturated rings. The van der Waals surface area contributed by atoms with Crippen LogP contribution in [0.4, 0.5) is 4.39 Å². The molecule has 5 rings (SSSR count). The van der Waals surface area contributed by atoms with Gasteiger partial charge in [0, 0.05) is 22.6 Å². The van der Waals surface area contributed by atoms with Crippen LogP contribution in [0.2, 0.25) is 0 Å². The van der Waals surface area contributed by atoms with E-state index in [1.165, 1.54) is 23.5 Å². The molecule has 1 aromatic heterocycles. The maximum absolute atomic E-state index is 13.8. The lowest BCUT2D eigenvalue weighted by atomic mass is 9.81. The van der Waals surface area contributed by atoms with Crippen molar-refractivity contribution in [1.82, 2.24) is 0 Å². The number of carbonyl (C=O) groups excluding carboxylic acids is 1. The molecule has 5 heteroatoms. The Morgan fingerprint density at radius 1 is 1.00 bits per heavy atom. The lowest BCUT2D eigenvalue weighted by molar-refractivity contribution is 0.105. The van der Waals surface area contributed by atoms with E-state index in [9.17, 15) is 9.18 Å². The van der Waals surface area contributed by atoms with Crippen molar-refractivity contribution in [2.24, 2.45) is 0 Å². The summed E-state index contributed by atoms with van der Waals surface area (Å²) >= 11 is 1.40. The molecule has 0 N–H and O–H groups in total. The number of halogens is 1. The van der Waals surface area contributed by atoms with E-state index in [0.717, 1.165) is 33.8 Å². The highest BCUT2D eigenvalue weighted by Crippen LogP contribution is 2.46. The van der Waals surface area contributed by atoms with E-state index in [1.807, 2.05) is 79.0 Å². The van der Waals surface area contributed by atoms with Crippen LogP contribution in [0, 0.1) is 5.82 Å². The summed E-state index contributed by atoms with van der Waals surface area (Å²) in [6, 6.07) is 25.7. The predicted molar refractivity (Wildman–Crippen MR) is 138 cm³/mol. The second-order valence-electron chi connectivity index (χ2n) is 8.04. The zero-order valence-electron chi connectivity index (χ0n) is 19.1. The van der Waals surface area contributed by atoms with Crippen molar-refractivity contribution in [3.05, 3.63) is 135 Å². The van der Waals surface area contributed by atoms with Crippen molar-refractivity contribution < 1.29 is 18.7 Å². The van der Waals surface area contributed by atoms with E-state index in [-0.39, 0.29) is 17.5 Å². The van der Waals surface area contributed by atoms with Gasteiger partial charge in [0.05, 0.1) is 11.5 Å². The molecule has 35 heavy (non-hydrogen) atoms. The van der Waals surface area contributed by atoms with Gasteiger partial charge in [-0.15, -0.1) is 11.3 Å². The Balaban J connectivity index is 1.68. The van der Waals surface area contributed by atoms with Crippen LogP contribution in [0.5, 0.6) is 11.5 Å². The van der Waals surface area contributed by atoms with Crippen LogP contribution in [0.25, 0.3) is 5.76 Å². The number of para-hydroxylation sites is 1.